The van der Waals surface area contributed by atoms with Crippen molar-refractivity contribution in [3.05, 3.63) is 53.6 Å². The van der Waals surface area contributed by atoms with E-state index in [1.54, 1.807) is 0 Å². The lowest BCUT2D eigenvalue weighted by Crippen LogP contribution is -2.32. The van der Waals surface area contributed by atoms with Gasteiger partial charge in [0.2, 0.25) is 0 Å². The lowest BCUT2D eigenvalue weighted by atomic mass is 9.81. The molecule has 0 bridgehead atoms. The van der Waals surface area contributed by atoms with E-state index in [1.807, 2.05) is 6.07 Å². The Hall–Kier alpha value is -2.79. The van der Waals surface area contributed by atoms with Gasteiger partial charge in [0.05, 0.1) is 18.4 Å². The first-order valence-corrected chi connectivity index (χ1v) is 14.0. The van der Waals surface area contributed by atoms with Gasteiger partial charge in [-0.15, -0.1) is 0 Å². The van der Waals surface area contributed by atoms with Crippen molar-refractivity contribution in [1.82, 2.24) is 9.88 Å². The Morgan fingerprint density at radius 2 is 1.81 bits per heavy atom. The Kier molecular flexibility index (Phi) is 6.75. The van der Waals surface area contributed by atoms with Gasteiger partial charge in [-0.2, -0.15) is 0 Å². The van der Waals surface area contributed by atoms with Crippen LogP contribution in [0.15, 0.2) is 42.5 Å². The summed E-state index contributed by atoms with van der Waals surface area (Å²) in [4.78, 5) is 15.1. The Labute approximate surface area is 214 Å². The number of nitrogens with one attached hydrogen (secondary N) is 1. The Balaban J connectivity index is 1.46. The smallest absolute Gasteiger partial charge is 0.337 e. The van der Waals surface area contributed by atoms with Crippen LogP contribution in [0.3, 0.4) is 0 Å². The molecule has 190 valence electrons. The summed E-state index contributed by atoms with van der Waals surface area (Å²) in [6.45, 7) is 5.35. The van der Waals surface area contributed by atoms with E-state index < -0.39 is 0 Å². The van der Waals surface area contributed by atoms with Gasteiger partial charge < -0.3 is 19.5 Å². The Bertz CT molecular complexity index is 1230. The maximum Gasteiger partial charge on any atom is 0.337 e. The van der Waals surface area contributed by atoms with Crippen molar-refractivity contribution in [3.63, 3.8) is 0 Å². The molecular weight excluding hydrogens is 446 g/mol. The number of ether oxygens (including phenoxy) is 1. The van der Waals surface area contributed by atoms with E-state index in [1.165, 1.54) is 91.9 Å². The summed E-state index contributed by atoms with van der Waals surface area (Å²) in [5, 5.41) is 4.83. The zero-order chi connectivity index (χ0) is 24.5. The molecule has 1 saturated carbocycles. The van der Waals surface area contributed by atoms with Crippen molar-refractivity contribution in [3.8, 4) is 11.3 Å². The van der Waals surface area contributed by atoms with Crippen molar-refractivity contribution < 1.29 is 9.53 Å². The molecule has 1 aromatic heterocycles. The largest absolute Gasteiger partial charge is 0.465 e. The summed E-state index contributed by atoms with van der Waals surface area (Å²) in [7, 11) is 1.47. The summed E-state index contributed by atoms with van der Waals surface area (Å²) >= 11 is 0. The number of carbonyl (C=O) groups excluding carboxylic acids is 1. The van der Waals surface area contributed by atoms with Gasteiger partial charge in [0, 0.05) is 41.8 Å². The fourth-order valence-corrected chi connectivity index (χ4v) is 6.98. The minimum Gasteiger partial charge on any atom is -0.465 e. The molecule has 36 heavy (non-hydrogen) atoms. The normalized spacial score (nSPS) is 19.1. The van der Waals surface area contributed by atoms with Crippen LogP contribution in [0.2, 0.25) is 0 Å². The zero-order valence-electron chi connectivity index (χ0n) is 21.6. The van der Waals surface area contributed by atoms with Gasteiger partial charge in [0.25, 0.3) is 0 Å². The Morgan fingerprint density at radius 3 is 2.61 bits per heavy atom. The minimum absolute atomic E-state index is 0.260. The number of esters is 1. The third-order valence-electron chi connectivity index (χ3n) is 8.90. The first-order valence-electron chi connectivity index (χ1n) is 14.0. The fraction of sp³-hybridized carbons (Fsp3) is 0.516. The number of anilines is 1. The third-order valence-corrected chi connectivity index (χ3v) is 8.90. The van der Waals surface area contributed by atoms with E-state index >= 15 is 0 Å². The highest BCUT2D eigenvalue weighted by Gasteiger charge is 2.30. The van der Waals surface area contributed by atoms with Gasteiger partial charge in [0.15, 0.2) is 0 Å². The number of hydrogen-bond donors (Lipinski definition) is 1. The lowest BCUT2D eigenvalue weighted by molar-refractivity contribution is 0.0601. The maximum absolute atomic E-state index is 12.4. The summed E-state index contributed by atoms with van der Waals surface area (Å²) in [6.07, 6.45) is 10.3. The van der Waals surface area contributed by atoms with E-state index in [2.05, 4.69) is 51.2 Å². The van der Waals surface area contributed by atoms with Crippen molar-refractivity contribution >= 4 is 22.6 Å². The number of piperidine rings is 1. The average Bonchev–Trinajstić information content (AvgIpc) is 3.17. The molecule has 5 nitrogen and oxygen atoms in total. The molecule has 3 aliphatic rings. The molecule has 0 radical (unpaired) electrons. The first kappa shape index (κ1) is 23.6. The van der Waals surface area contributed by atoms with Gasteiger partial charge in [0.1, 0.15) is 0 Å². The van der Waals surface area contributed by atoms with Crippen molar-refractivity contribution in [1.29, 1.82) is 0 Å². The SMILES string of the molecule is COC(=O)c1ccc2c(C3CCCCC3)c3n(c2c1)CCN(CCC1CCNCC1)c1ccccc1-3. The summed E-state index contributed by atoms with van der Waals surface area (Å²) < 4.78 is 7.60. The van der Waals surface area contributed by atoms with Crippen LogP contribution in [-0.4, -0.2) is 43.8 Å². The van der Waals surface area contributed by atoms with Crippen molar-refractivity contribution in [2.24, 2.45) is 5.92 Å². The molecular formula is C31H39N3O2. The summed E-state index contributed by atoms with van der Waals surface area (Å²) in [6, 6.07) is 15.3. The topological polar surface area (TPSA) is 46.5 Å². The maximum atomic E-state index is 12.4. The molecule has 0 amide bonds. The number of aromatic nitrogens is 1. The van der Waals surface area contributed by atoms with Crippen LogP contribution in [0.5, 0.6) is 0 Å². The van der Waals surface area contributed by atoms with Crippen molar-refractivity contribution in [2.45, 2.75) is 63.8 Å². The number of carbonyl (C=O) groups is 1. The van der Waals surface area contributed by atoms with E-state index in [-0.39, 0.29) is 5.97 Å². The monoisotopic (exact) mass is 485 g/mol. The molecule has 1 aliphatic carbocycles. The molecule has 5 heteroatoms. The molecule has 3 heterocycles. The quantitative estimate of drug-likeness (QED) is 0.428. The second-order valence-electron chi connectivity index (χ2n) is 11.0. The number of methoxy groups -OCH3 is 1. The summed E-state index contributed by atoms with van der Waals surface area (Å²) in [5.41, 5.74) is 7.45. The van der Waals surface area contributed by atoms with Crippen LogP contribution < -0.4 is 10.2 Å². The molecule has 1 N–H and O–H groups in total. The standard InChI is InChI=1S/C31H39N3O2/c1-36-31(35)24-11-12-25-28(21-24)34-20-19-33(18-15-22-13-16-32-17-14-22)27-10-6-5-9-26(27)30(34)29(25)23-7-3-2-4-8-23/h5-6,9-12,21-23,32H,2-4,7-8,13-20H2,1H3. The Morgan fingerprint density at radius 1 is 1.00 bits per heavy atom. The van der Waals surface area contributed by atoms with Crippen LogP contribution >= 0.6 is 0 Å². The first-order chi connectivity index (χ1) is 17.7. The predicted molar refractivity (Wildman–Crippen MR) is 147 cm³/mol. The fourth-order valence-electron chi connectivity index (χ4n) is 6.98. The van der Waals surface area contributed by atoms with Crippen LogP contribution in [-0.2, 0) is 11.3 Å². The highest BCUT2D eigenvalue weighted by atomic mass is 16.5. The zero-order valence-corrected chi connectivity index (χ0v) is 21.6. The number of fused-ring (bicyclic) bond motifs is 5. The molecule has 2 aromatic carbocycles. The number of nitrogens with zero attached hydrogens (tertiary/aromatic N) is 2. The lowest BCUT2D eigenvalue weighted by Gasteiger charge is -2.29. The van der Waals surface area contributed by atoms with E-state index in [0.29, 0.717) is 11.5 Å². The van der Waals surface area contributed by atoms with Gasteiger partial charge in [-0.05, 0) is 80.8 Å². The molecule has 0 spiro atoms. The molecule has 3 aromatic rings. The van der Waals surface area contributed by atoms with Crippen LogP contribution in [0.25, 0.3) is 22.2 Å². The second kappa shape index (κ2) is 10.3. The highest BCUT2D eigenvalue weighted by molar-refractivity contribution is 6.00. The van der Waals surface area contributed by atoms with Crippen molar-refractivity contribution in [2.75, 3.05) is 38.2 Å². The van der Waals surface area contributed by atoms with Crippen LogP contribution in [0.4, 0.5) is 5.69 Å². The molecule has 2 aliphatic heterocycles. The third kappa shape index (κ3) is 4.32. The predicted octanol–water partition coefficient (Wildman–Crippen LogP) is 6.35. The molecule has 0 unspecified atom stereocenters. The molecule has 0 atom stereocenters. The highest BCUT2D eigenvalue weighted by Crippen LogP contribution is 2.47. The van der Waals surface area contributed by atoms with Gasteiger partial charge in [-0.3, -0.25) is 0 Å². The second-order valence-corrected chi connectivity index (χ2v) is 11.0. The van der Waals surface area contributed by atoms with Crippen LogP contribution in [0, 0.1) is 5.92 Å². The molecule has 6 rings (SSSR count). The number of benzene rings is 2. The average molecular weight is 486 g/mol. The van der Waals surface area contributed by atoms with E-state index in [0.717, 1.165) is 38.6 Å². The van der Waals surface area contributed by atoms with Gasteiger partial charge in [-0.25, -0.2) is 4.79 Å². The number of hydrogen-bond acceptors (Lipinski definition) is 4. The molecule has 1 saturated heterocycles. The summed E-state index contributed by atoms with van der Waals surface area (Å²) in [5.74, 6) is 1.14. The van der Waals surface area contributed by atoms with Crippen LogP contribution in [0.1, 0.15) is 73.2 Å². The van der Waals surface area contributed by atoms with Gasteiger partial charge in [-0.1, -0.05) is 43.5 Å². The van der Waals surface area contributed by atoms with E-state index in [4.69, 9.17) is 4.74 Å². The number of rotatable bonds is 5. The minimum atomic E-state index is -0.260. The molecule has 2 fully saturated rings. The van der Waals surface area contributed by atoms with Gasteiger partial charge >= 0.3 is 5.97 Å². The number of para-hydroxylation sites is 1. The van der Waals surface area contributed by atoms with E-state index in [9.17, 15) is 4.79 Å².